The summed E-state index contributed by atoms with van der Waals surface area (Å²) in [5, 5.41) is 27.6. The summed E-state index contributed by atoms with van der Waals surface area (Å²) in [5.74, 6) is -0.973. The number of carbonyl (C=O) groups is 1. The van der Waals surface area contributed by atoms with Crippen molar-refractivity contribution < 1.29 is 14.6 Å². The number of nitrogens with zero attached hydrogens (tertiary/aromatic N) is 2. The lowest BCUT2D eigenvalue weighted by Crippen LogP contribution is -2.49. The number of alkyl halides is 3. The van der Waals surface area contributed by atoms with E-state index in [9.17, 15) is 25.0 Å². The molecule has 0 spiro atoms. The summed E-state index contributed by atoms with van der Waals surface area (Å²) >= 11 is 23.5. The second-order valence-electron chi connectivity index (χ2n) is 5.31. The third-order valence-corrected chi connectivity index (χ3v) is 4.30. The Kier molecular flexibility index (Phi) is 6.89. The molecule has 1 amide bonds. The van der Waals surface area contributed by atoms with E-state index < -0.39 is 42.7 Å². The minimum Gasteiger partial charge on any atom is -0.362 e. The highest BCUT2D eigenvalue weighted by atomic mass is 35.6. The van der Waals surface area contributed by atoms with Crippen LogP contribution in [0.2, 0.25) is 5.02 Å². The molecule has 0 bridgehead atoms. The number of amides is 1. The SMILES string of the molecule is O=C(N[C@H](Nc1ccc(Cl)cc1)C(Cl)(Cl)Cl)c1ccc([N+](=O)[O-])cc1[N+](=O)[O-]. The first-order valence-corrected chi connectivity index (χ1v) is 8.82. The highest BCUT2D eigenvalue weighted by Crippen LogP contribution is 2.32. The average Bonchev–Trinajstić information content (AvgIpc) is 2.61. The highest BCUT2D eigenvalue weighted by Gasteiger charge is 2.35. The van der Waals surface area contributed by atoms with Crippen LogP contribution in [0.5, 0.6) is 0 Å². The molecule has 2 aromatic rings. The van der Waals surface area contributed by atoms with E-state index in [2.05, 4.69) is 10.6 Å². The third-order valence-electron chi connectivity index (χ3n) is 3.39. The highest BCUT2D eigenvalue weighted by molar-refractivity contribution is 6.68. The summed E-state index contributed by atoms with van der Waals surface area (Å²) in [6, 6.07) is 8.82. The molecule has 0 aliphatic carbocycles. The van der Waals surface area contributed by atoms with Gasteiger partial charge in [-0.05, 0) is 30.3 Å². The van der Waals surface area contributed by atoms with Gasteiger partial charge in [0.25, 0.3) is 17.3 Å². The van der Waals surface area contributed by atoms with E-state index in [1.165, 1.54) is 0 Å². The third kappa shape index (κ3) is 5.59. The summed E-state index contributed by atoms with van der Waals surface area (Å²) in [6.45, 7) is 0. The van der Waals surface area contributed by atoms with Gasteiger partial charge in [-0.3, -0.25) is 25.0 Å². The molecule has 0 aliphatic rings. The number of hydrogen-bond acceptors (Lipinski definition) is 6. The Hall–Kier alpha value is -2.33. The molecule has 0 saturated heterocycles. The zero-order chi connectivity index (χ0) is 21.1. The summed E-state index contributed by atoms with van der Waals surface area (Å²) in [4.78, 5) is 32.8. The van der Waals surface area contributed by atoms with Crippen LogP contribution in [0.4, 0.5) is 17.1 Å². The van der Waals surface area contributed by atoms with E-state index in [1.807, 2.05) is 0 Å². The van der Waals surface area contributed by atoms with Crippen LogP contribution in [-0.2, 0) is 0 Å². The summed E-state index contributed by atoms with van der Waals surface area (Å²) in [5.41, 5.74) is -1.30. The second kappa shape index (κ2) is 8.78. The van der Waals surface area contributed by atoms with Gasteiger partial charge in [0.1, 0.15) is 11.7 Å². The summed E-state index contributed by atoms with van der Waals surface area (Å²) < 4.78 is -2.04. The zero-order valence-electron chi connectivity index (χ0n) is 13.6. The van der Waals surface area contributed by atoms with Gasteiger partial charge >= 0.3 is 0 Å². The number of nitrogens with one attached hydrogen (secondary N) is 2. The van der Waals surface area contributed by atoms with Crippen molar-refractivity contribution in [1.82, 2.24) is 5.32 Å². The lowest BCUT2D eigenvalue weighted by molar-refractivity contribution is -0.394. The number of hydrogen-bond donors (Lipinski definition) is 2. The fourth-order valence-electron chi connectivity index (χ4n) is 2.10. The van der Waals surface area contributed by atoms with Crippen molar-refractivity contribution in [2.24, 2.45) is 0 Å². The molecule has 0 aliphatic heterocycles. The van der Waals surface area contributed by atoms with Gasteiger partial charge in [-0.25, -0.2) is 0 Å². The molecule has 2 rings (SSSR count). The zero-order valence-corrected chi connectivity index (χ0v) is 16.6. The molecule has 9 nitrogen and oxygen atoms in total. The Morgan fingerprint density at radius 3 is 2.11 bits per heavy atom. The molecule has 0 unspecified atom stereocenters. The van der Waals surface area contributed by atoms with E-state index in [0.717, 1.165) is 12.1 Å². The predicted octanol–water partition coefficient (Wildman–Crippen LogP) is 4.69. The van der Waals surface area contributed by atoms with Crippen molar-refractivity contribution in [2.45, 2.75) is 9.96 Å². The second-order valence-corrected chi connectivity index (χ2v) is 8.12. The standard InChI is InChI=1S/C15H10Cl4N4O5/c16-8-1-3-9(4-2-8)20-14(15(17,18)19)21-13(24)11-6-5-10(22(25)26)7-12(11)23(27)28/h1-7,14,20H,(H,21,24)/t14-/m0/s1. The first-order chi connectivity index (χ1) is 13.0. The fourth-order valence-corrected chi connectivity index (χ4v) is 2.55. The molecular weight excluding hydrogens is 458 g/mol. The number of non-ortho nitro benzene ring substituents is 1. The first-order valence-electron chi connectivity index (χ1n) is 7.31. The Balaban J connectivity index is 2.32. The monoisotopic (exact) mass is 466 g/mol. The lowest BCUT2D eigenvalue weighted by atomic mass is 10.1. The number of halogens is 4. The maximum Gasteiger partial charge on any atom is 0.289 e. The molecule has 0 saturated carbocycles. The molecule has 28 heavy (non-hydrogen) atoms. The van der Waals surface area contributed by atoms with E-state index in [1.54, 1.807) is 24.3 Å². The molecule has 0 radical (unpaired) electrons. The minimum atomic E-state index is -2.04. The smallest absolute Gasteiger partial charge is 0.289 e. The number of benzene rings is 2. The van der Waals surface area contributed by atoms with Gasteiger partial charge in [0.2, 0.25) is 3.79 Å². The van der Waals surface area contributed by atoms with Crippen LogP contribution in [0.1, 0.15) is 10.4 Å². The molecule has 2 aromatic carbocycles. The maximum absolute atomic E-state index is 12.5. The molecule has 1 atom stereocenters. The predicted molar refractivity (Wildman–Crippen MR) is 106 cm³/mol. The van der Waals surface area contributed by atoms with Gasteiger partial charge in [-0.1, -0.05) is 46.4 Å². The molecule has 2 N–H and O–H groups in total. The number of anilines is 1. The number of rotatable bonds is 6. The largest absolute Gasteiger partial charge is 0.362 e. The maximum atomic E-state index is 12.5. The van der Waals surface area contributed by atoms with Gasteiger partial charge in [0.05, 0.1) is 15.9 Å². The van der Waals surface area contributed by atoms with Crippen LogP contribution in [-0.4, -0.2) is 25.7 Å². The van der Waals surface area contributed by atoms with Gasteiger partial charge in [-0.15, -0.1) is 0 Å². The van der Waals surface area contributed by atoms with Crippen LogP contribution >= 0.6 is 46.4 Å². The van der Waals surface area contributed by atoms with Crippen LogP contribution < -0.4 is 10.6 Å². The minimum absolute atomic E-state index is 0.437. The molecular formula is C15H10Cl4N4O5. The van der Waals surface area contributed by atoms with E-state index >= 15 is 0 Å². The Morgan fingerprint density at radius 1 is 1.00 bits per heavy atom. The average molecular weight is 468 g/mol. The number of nitro benzene ring substituents is 2. The lowest BCUT2D eigenvalue weighted by Gasteiger charge is -2.27. The van der Waals surface area contributed by atoms with Crippen LogP contribution in [0.25, 0.3) is 0 Å². The van der Waals surface area contributed by atoms with Crippen molar-refractivity contribution in [3.8, 4) is 0 Å². The van der Waals surface area contributed by atoms with Crippen molar-refractivity contribution in [2.75, 3.05) is 5.32 Å². The quantitative estimate of drug-likeness (QED) is 0.274. The van der Waals surface area contributed by atoms with Gasteiger partial charge in [0, 0.05) is 16.8 Å². The van der Waals surface area contributed by atoms with E-state index in [0.29, 0.717) is 16.8 Å². The van der Waals surface area contributed by atoms with Crippen LogP contribution in [0, 0.1) is 20.2 Å². The van der Waals surface area contributed by atoms with Crippen molar-refractivity contribution in [1.29, 1.82) is 0 Å². The molecule has 0 fully saturated rings. The molecule has 148 valence electrons. The van der Waals surface area contributed by atoms with Crippen molar-refractivity contribution >= 4 is 69.4 Å². The first kappa shape index (κ1) is 22.0. The van der Waals surface area contributed by atoms with Crippen molar-refractivity contribution in [3.05, 3.63) is 73.3 Å². The van der Waals surface area contributed by atoms with E-state index in [4.69, 9.17) is 46.4 Å². The summed E-state index contributed by atoms with van der Waals surface area (Å²) in [7, 11) is 0. The van der Waals surface area contributed by atoms with E-state index in [-0.39, 0.29) is 0 Å². The molecule has 0 heterocycles. The molecule has 13 heteroatoms. The topological polar surface area (TPSA) is 127 Å². The van der Waals surface area contributed by atoms with Crippen LogP contribution in [0.15, 0.2) is 42.5 Å². The van der Waals surface area contributed by atoms with Gasteiger partial charge < -0.3 is 10.6 Å². The fraction of sp³-hybridized carbons (Fsp3) is 0.133. The Labute approximate surface area is 177 Å². The van der Waals surface area contributed by atoms with Gasteiger partial charge in [0.15, 0.2) is 0 Å². The normalized spacial score (nSPS) is 12.1. The Morgan fingerprint density at radius 2 is 1.61 bits per heavy atom. The number of nitro groups is 2. The number of carbonyl (C=O) groups excluding carboxylic acids is 1. The van der Waals surface area contributed by atoms with Crippen LogP contribution in [0.3, 0.4) is 0 Å². The molecule has 0 aromatic heterocycles. The van der Waals surface area contributed by atoms with Gasteiger partial charge in [-0.2, -0.15) is 0 Å². The summed E-state index contributed by atoms with van der Waals surface area (Å²) in [6.07, 6.45) is -1.29. The Bertz CT molecular complexity index is 918. The van der Waals surface area contributed by atoms with Crippen molar-refractivity contribution in [3.63, 3.8) is 0 Å².